The number of halogens is 3. The quantitative estimate of drug-likeness (QED) is 0.693. The fourth-order valence-corrected chi connectivity index (χ4v) is 3.74. The number of aldehydes is 1. The summed E-state index contributed by atoms with van der Waals surface area (Å²) in [6, 6.07) is 5.94. The maximum absolute atomic E-state index is 13.3. The molecule has 1 aromatic rings. The molecular formula is C20H19F3O2. The van der Waals surface area contributed by atoms with Crippen LogP contribution in [0.5, 0.6) is 0 Å². The monoisotopic (exact) mass is 348 g/mol. The number of carbonyl (C=O) groups is 1. The van der Waals surface area contributed by atoms with Gasteiger partial charge in [-0.05, 0) is 49.0 Å². The van der Waals surface area contributed by atoms with Crippen molar-refractivity contribution in [1.82, 2.24) is 0 Å². The predicted octanol–water partition coefficient (Wildman–Crippen LogP) is 4.76. The highest BCUT2D eigenvalue weighted by molar-refractivity contribution is 5.89. The number of benzene rings is 1. The van der Waals surface area contributed by atoms with E-state index in [4.69, 9.17) is 4.74 Å². The van der Waals surface area contributed by atoms with Crippen LogP contribution < -0.4 is 0 Å². The molecule has 0 N–H and O–H groups in total. The Balaban J connectivity index is 1.73. The molecule has 2 atom stereocenters. The van der Waals surface area contributed by atoms with Crippen molar-refractivity contribution in [1.29, 1.82) is 0 Å². The number of carbonyl (C=O) groups excluding carboxylic acids is 1. The van der Waals surface area contributed by atoms with Gasteiger partial charge in [-0.3, -0.25) is 0 Å². The van der Waals surface area contributed by atoms with Crippen LogP contribution in [0.15, 0.2) is 42.2 Å². The summed E-state index contributed by atoms with van der Waals surface area (Å²) >= 11 is 0. The number of ether oxygens (including phenoxy) is 1. The van der Waals surface area contributed by atoms with E-state index >= 15 is 0 Å². The molecule has 4 rings (SSSR count). The molecule has 0 aliphatic heterocycles. The third-order valence-corrected chi connectivity index (χ3v) is 5.48. The lowest BCUT2D eigenvalue weighted by molar-refractivity contribution is -0.114. The topological polar surface area (TPSA) is 26.3 Å². The van der Waals surface area contributed by atoms with Crippen LogP contribution in [0.2, 0.25) is 0 Å². The first-order valence-corrected chi connectivity index (χ1v) is 8.60. The molecule has 0 amide bonds. The Morgan fingerprint density at radius 1 is 1.20 bits per heavy atom. The predicted molar refractivity (Wildman–Crippen MR) is 87.3 cm³/mol. The highest BCUT2D eigenvalue weighted by Crippen LogP contribution is 2.57. The average Bonchev–Trinajstić information content (AvgIpc) is 3.51. The van der Waals surface area contributed by atoms with Crippen molar-refractivity contribution in [3.8, 4) is 0 Å². The van der Waals surface area contributed by atoms with Gasteiger partial charge in [0.2, 0.25) is 0 Å². The summed E-state index contributed by atoms with van der Waals surface area (Å²) in [6.07, 6.45) is 6.89. The van der Waals surface area contributed by atoms with Gasteiger partial charge in [0.15, 0.2) is 0 Å². The Morgan fingerprint density at radius 3 is 2.44 bits per heavy atom. The average molecular weight is 348 g/mol. The van der Waals surface area contributed by atoms with Gasteiger partial charge in [0.05, 0.1) is 17.9 Å². The van der Waals surface area contributed by atoms with Crippen molar-refractivity contribution in [2.45, 2.75) is 31.6 Å². The zero-order valence-corrected chi connectivity index (χ0v) is 13.7. The minimum absolute atomic E-state index is 0.0724. The van der Waals surface area contributed by atoms with Crippen LogP contribution in [0.1, 0.15) is 31.2 Å². The molecular weight excluding hydrogens is 329 g/mol. The van der Waals surface area contributed by atoms with Gasteiger partial charge in [-0.15, -0.1) is 0 Å². The van der Waals surface area contributed by atoms with Gasteiger partial charge in [0.25, 0.3) is 5.92 Å². The summed E-state index contributed by atoms with van der Waals surface area (Å²) in [6.45, 7) is -0.0724. The summed E-state index contributed by atoms with van der Waals surface area (Å²) in [5, 5.41) is 0. The van der Waals surface area contributed by atoms with E-state index in [1.165, 1.54) is 12.1 Å². The van der Waals surface area contributed by atoms with Crippen molar-refractivity contribution >= 4 is 11.9 Å². The highest BCUT2D eigenvalue weighted by Gasteiger charge is 2.57. The van der Waals surface area contributed by atoms with Crippen LogP contribution >= 0.6 is 0 Å². The summed E-state index contributed by atoms with van der Waals surface area (Å²) in [5.41, 5.74) is 0.701. The second-order valence-corrected chi connectivity index (χ2v) is 7.26. The molecule has 132 valence electrons. The lowest BCUT2D eigenvalue weighted by atomic mass is 9.69. The van der Waals surface area contributed by atoms with Gasteiger partial charge in [-0.2, -0.15) is 0 Å². The van der Waals surface area contributed by atoms with Crippen LogP contribution in [0.25, 0.3) is 5.57 Å². The maximum atomic E-state index is 13.3. The van der Waals surface area contributed by atoms with E-state index in [0.29, 0.717) is 23.3 Å². The molecule has 0 bridgehead atoms. The number of alkyl halides is 2. The largest absolute Gasteiger partial charge is 0.493 e. The van der Waals surface area contributed by atoms with E-state index in [0.717, 1.165) is 19.1 Å². The minimum Gasteiger partial charge on any atom is -0.493 e. The van der Waals surface area contributed by atoms with E-state index in [-0.39, 0.29) is 24.8 Å². The van der Waals surface area contributed by atoms with Gasteiger partial charge in [-0.25, -0.2) is 13.2 Å². The third-order valence-electron chi connectivity index (χ3n) is 5.48. The fraction of sp³-hybridized carbons (Fsp3) is 0.450. The van der Waals surface area contributed by atoms with E-state index in [9.17, 15) is 18.0 Å². The molecule has 0 saturated heterocycles. The van der Waals surface area contributed by atoms with Crippen LogP contribution in [0.4, 0.5) is 13.2 Å². The van der Waals surface area contributed by atoms with Gasteiger partial charge in [0.1, 0.15) is 17.9 Å². The zero-order valence-electron chi connectivity index (χ0n) is 13.7. The number of rotatable bonds is 6. The third kappa shape index (κ3) is 2.90. The number of hydrogen-bond donors (Lipinski definition) is 0. The lowest BCUT2D eigenvalue weighted by Gasteiger charge is -2.34. The van der Waals surface area contributed by atoms with Crippen molar-refractivity contribution in [3.05, 3.63) is 53.6 Å². The Labute approximate surface area is 144 Å². The van der Waals surface area contributed by atoms with Crippen molar-refractivity contribution < 1.29 is 22.7 Å². The lowest BCUT2D eigenvalue weighted by Crippen LogP contribution is -2.30. The summed E-state index contributed by atoms with van der Waals surface area (Å²) < 4.78 is 45.4. The molecule has 0 radical (unpaired) electrons. The smallest absolute Gasteiger partial charge is 0.255 e. The standard InChI is InChI=1S/C20H19F3O2/c21-16-7-3-13(4-8-16)18-17(25-11-15-10-20(15,22)23)2-1-9-19(18,12-24)14-5-6-14/h1-4,7-8,12,14-15H,5-6,9-11H2. The van der Waals surface area contributed by atoms with Crippen LogP contribution in [-0.4, -0.2) is 18.8 Å². The Hall–Kier alpha value is -2.04. The summed E-state index contributed by atoms with van der Waals surface area (Å²) in [5.74, 6) is -3.10. The SMILES string of the molecule is O=CC1(C2CC2)CC=CC(OCC2CC2(F)F)=C1c1ccc(F)cc1. The second-order valence-electron chi connectivity index (χ2n) is 7.26. The normalized spacial score (nSPS) is 30.3. The molecule has 0 spiro atoms. The Morgan fingerprint density at radius 2 is 1.88 bits per heavy atom. The summed E-state index contributed by atoms with van der Waals surface area (Å²) in [4.78, 5) is 12.1. The molecule has 25 heavy (non-hydrogen) atoms. The van der Waals surface area contributed by atoms with Gasteiger partial charge < -0.3 is 9.53 Å². The number of allylic oxidation sites excluding steroid dienone is 3. The molecule has 3 aliphatic rings. The summed E-state index contributed by atoms with van der Waals surface area (Å²) in [7, 11) is 0. The highest BCUT2D eigenvalue weighted by atomic mass is 19.3. The molecule has 5 heteroatoms. The first-order chi connectivity index (χ1) is 12.0. The van der Waals surface area contributed by atoms with E-state index in [1.54, 1.807) is 18.2 Å². The van der Waals surface area contributed by atoms with Crippen LogP contribution in [0, 0.1) is 23.1 Å². The molecule has 0 heterocycles. The van der Waals surface area contributed by atoms with E-state index in [2.05, 4.69) is 0 Å². The van der Waals surface area contributed by atoms with Crippen LogP contribution in [-0.2, 0) is 9.53 Å². The minimum atomic E-state index is -2.65. The fourth-order valence-electron chi connectivity index (χ4n) is 3.74. The molecule has 2 unspecified atom stereocenters. The Bertz CT molecular complexity index is 747. The van der Waals surface area contributed by atoms with Gasteiger partial charge in [0, 0.05) is 12.0 Å². The molecule has 2 nitrogen and oxygen atoms in total. The maximum Gasteiger partial charge on any atom is 0.255 e. The molecule has 1 aromatic carbocycles. The van der Waals surface area contributed by atoms with E-state index in [1.807, 2.05) is 6.08 Å². The van der Waals surface area contributed by atoms with Crippen molar-refractivity contribution in [3.63, 3.8) is 0 Å². The van der Waals surface area contributed by atoms with Gasteiger partial charge in [-0.1, -0.05) is 18.2 Å². The van der Waals surface area contributed by atoms with Crippen LogP contribution in [0.3, 0.4) is 0 Å². The first kappa shape index (κ1) is 16.4. The van der Waals surface area contributed by atoms with Gasteiger partial charge >= 0.3 is 0 Å². The van der Waals surface area contributed by atoms with E-state index < -0.39 is 17.3 Å². The second kappa shape index (κ2) is 5.75. The Kier molecular flexibility index (Phi) is 3.78. The molecule has 2 saturated carbocycles. The molecule has 3 aliphatic carbocycles. The molecule has 2 fully saturated rings. The van der Waals surface area contributed by atoms with Crippen molar-refractivity contribution in [2.24, 2.45) is 17.3 Å². The first-order valence-electron chi connectivity index (χ1n) is 8.60. The molecule has 0 aromatic heterocycles. The van der Waals surface area contributed by atoms with Crippen molar-refractivity contribution in [2.75, 3.05) is 6.61 Å². The number of hydrogen-bond acceptors (Lipinski definition) is 2. The zero-order chi connectivity index (χ0) is 17.7.